The number of hydrogen-bond donors (Lipinski definition) is 3. The molecule has 3 rings (SSSR count). The Morgan fingerprint density at radius 2 is 1.89 bits per heavy atom. The van der Waals surface area contributed by atoms with Crippen LogP contribution in [0.2, 0.25) is 0 Å². The number of nitrogens with one attached hydrogen (secondary N) is 2. The first-order valence-corrected chi connectivity index (χ1v) is 7.12. The van der Waals surface area contributed by atoms with E-state index in [1.807, 2.05) is 12.1 Å². The molecule has 1 aromatic rings. The number of piperidine rings is 1. The first-order valence-electron chi connectivity index (χ1n) is 7.12. The number of anilines is 1. The van der Waals surface area contributed by atoms with Crippen LogP contribution in [0.1, 0.15) is 30.7 Å². The quantitative estimate of drug-likeness (QED) is 0.708. The highest BCUT2D eigenvalue weighted by Gasteiger charge is 2.38. The van der Waals surface area contributed by atoms with Crippen LogP contribution >= 0.6 is 0 Å². The second kappa shape index (κ2) is 5.29. The molecule has 1 saturated heterocycles. The normalized spacial score (nSPS) is 28.2. The van der Waals surface area contributed by atoms with Crippen molar-refractivity contribution in [3.05, 3.63) is 29.8 Å². The average molecular weight is 245 g/mol. The van der Waals surface area contributed by atoms with Crippen molar-refractivity contribution in [2.75, 3.05) is 25.4 Å². The number of rotatable bonds is 4. The van der Waals surface area contributed by atoms with Crippen LogP contribution in [0.25, 0.3) is 0 Å². The summed E-state index contributed by atoms with van der Waals surface area (Å²) in [6, 6.07) is 9.07. The number of nitrogen functional groups attached to an aromatic ring is 1. The summed E-state index contributed by atoms with van der Waals surface area (Å²) < 4.78 is 0. The number of hydrogen-bond acceptors (Lipinski definition) is 3. The monoisotopic (exact) mass is 245 g/mol. The van der Waals surface area contributed by atoms with E-state index in [4.69, 9.17) is 5.73 Å². The van der Waals surface area contributed by atoms with Crippen molar-refractivity contribution in [2.45, 2.75) is 31.2 Å². The molecule has 3 nitrogen and oxygen atoms in total. The Morgan fingerprint density at radius 3 is 2.61 bits per heavy atom. The molecular weight excluding hydrogens is 222 g/mol. The van der Waals surface area contributed by atoms with Gasteiger partial charge in [0.15, 0.2) is 0 Å². The van der Waals surface area contributed by atoms with Crippen molar-refractivity contribution in [3.63, 3.8) is 0 Å². The first kappa shape index (κ1) is 12.0. The maximum absolute atomic E-state index is 5.72. The molecule has 2 aliphatic rings. The minimum atomic E-state index is 0.698. The van der Waals surface area contributed by atoms with E-state index in [0.29, 0.717) is 12.0 Å². The second-order valence-corrected chi connectivity index (χ2v) is 5.72. The number of nitrogens with two attached hydrogens (primary N) is 1. The smallest absolute Gasteiger partial charge is 0.0314 e. The summed E-state index contributed by atoms with van der Waals surface area (Å²) >= 11 is 0. The molecule has 4 N–H and O–H groups in total. The van der Waals surface area contributed by atoms with Crippen LogP contribution in [-0.2, 0) is 0 Å². The van der Waals surface area contributed by atoms with Crippen LogP contribution in [-0.4, -0.2) is 25.7 Å². The van der Waals surface area contributed by atoms with Crippen LogP contribution in [0, 0.1) is 5.92 Å². The van der Waals surface area contributed by atoms with Gasteiger partial charge in [0.25, 0.3) is 0 Å². The minimum Gasteiger partial charge on any atom is -0.399 e. The van der Waals surface area contributed by atoms with Gasteiger partial charge in [-0.2, -0.15) is 0 Å². The van der Waals surface area contributed by atoms with Crippen molar-refractivity contribution in [3.8, 4) is 0 Å². The van der Waals surface area contributed by atoms with E-state index in [0.717, 1.165) is 11.6 Å². The van der Waals surface area contributed by atoms with Crippen molar-refractivity contribution >= 4 is 5.69 Å². The van der Waals surface area contributed by atoms with Crippen LogP contribution in [0.3, 0.4) is 0 Å². The lowest BCUT2D eigenvalue weighted by atomic mass is 9.98. The Bertz CT molecular complexity index is 381. The highest BCUT2D eigenvalue weighted by Crippen LogP contribution is 2.41. The van der Waals surface area contributed by atoms with E-state index >= 15 is 0 Å². The standard InChI is InChI=1S/C15H23N3/c16-13-3-1-12(2-4-13)14-9-15(14)18-10-11-5-7-17-8-6-11/h1-4,11,14-15,17-18H,5-10,16H2/t14-,15?/m0/s1. The molecule has 2 fully saturated rings. The molecule has 1 aliphatic carbocycles. The summed E-state index contributed by atoms with van der Waals surface area (Å²) in [5.74, 6) is 1.59. The summed E-state index contributed by atoms with van der Waals surface area (Å²) in [4.78, 5) is 0. The maximum Gasteiger partial charge on any atom is 0.0314 e. The lowest BCUT2D eigenvalue weighted by Crippen LogP contribution is -2.34. The van der Waals surface area contributed by atoms with Crippen LogP contribution in [0.5, 0.6) is 0 Å². The second-order valence-electron chi connectivity index (χ2n) is 5.72. The molecule has 1 unspecified atom stereocenters. The molecule has 0 aromatic heterocycles. The maximum atomic E-state index is 5.72. The molecule has 2 atom stereocenters. The van der Waals surface area contributed by atoms with Gasteiger partial charge in [-0.1, -0.05) is 12.1 Å². The third-order valence-corrected chi connectivity index (χ3v) is 4.28. The van der Waals surface area contributed by atoms with Crippen LogP contribution in [0.15, 0.2) is 24.3 Å². The van der Waals surface area contributed by atoms with Crippen LogP contribution < -0.4 is 16.4 Å². The fraction of sp³-hybridized carbons (Fsp3) is 0.600. The van der Waals surface area contributed by atoms with Crippen molar-refractivity contribution in [1.82, 2.24) is 10.6 Å². The predicted octanol–water partition coefficient (Wildman–Crippen LogP) is 1.71. The molecule has 1 heterocycles. The van der Waals surface area contributed by atoms with E-state index in [9.17, 15) is 0 Å². The van der Waals surface area contributed by atoms with Gasteiger partial charge in [-0.25, -0.2) is 0 Å². The van der Waals surface area contributed by atoms with Gasteiger partial charge in [0.05, 0.1) is 0 Å². The van der Waals surface area contributed by atoms with Crippen LogP contribution in [0.4, 0.5) is 5.69 Å². The molecule has 1 saturated carbocycles. The first-order chi connectivity index (χ1) is 8.83. The Labute approximate surface area is 109 Å². The van der Waals surface area contributed by atoms with Gasteiger partial charge in [0.1, 0.15) is 0 Å². The zero-order valence-corrected chi connectivity index (χ0v) is 10.9. The molecule has 0 spiro atoms. The average Bonchev–Trinajstić information content (AvgIpc) is 3.18. The third-order valence-electron chi connectivity index (χ3n) is 4.28. The molecule has 0 amide bonds. The zero-order chi connectivity index (χ0) is 12.4. The van der Waals surface area contributed by atoms with E-state index < -0.39 is 0 Å². The fourth-order valence-electron chi connectivity index (χ4n) is 2.94. The van der Waals surface area contributed by atoms with E-state index in [1.54, 1.807) is 0 Å². The fourth-order valence-corrected chi connectivity index (χ4v) is 2.94. The Morgan fingerprint density at radius 1 is 1.17 bits per heavy atom. The van der Waals surface area contributed by atoms with E-state index in [1.165, 1.54) is 44.5 Å². The highest BCUT2D eigenvalue weighted by atomic mass is 15.0. The molecule has 0 radical (unpaired) electrons. The molecule has 3 heteroatoms. The van der Waals surface area contributed by atoms with Crippen molar-refractivity contribution in [2.24, 2.45) is 5.92 Å². The summed E-state index contributed by atoms with van der Waals surface area (Å²) in [6.45, 7) is 3.58. The molecule has 0 bridgehead atoms. The molecule has 98 valence electrons. The lowest BCUT2D eigenvalue weighted by Gasteiger charge is -2.22. The van der Waals surface area contributed by atoms with Crippen molar-refractivity contribution < 1.29 is 0 Å². The van der Waals surface area contributed by atoms with Gasteiger partial charge >= 0.3 is 0 Å². The Kier molecular flexibility index (Phi) is 3.52. The molecule has 1 aliphatic heterocycles. The largest absolute Gasteiger partial charge is 0.399 e. The zero-order valence-electron chi connectivity index (χ0n) is 10.9. The summed E-state index contributed by atoms with van der Waals surface area (Å²) in [5, 5.41) is 7.15. The minimum absolute atomic E-state index is 0.698. The topological polar surface area (TPSA) is 50.1 Å². The van der Waals surface area contributed by atoms with Gasteiger partial charge < -0.3 is 16.4 Å². The van der Waals surface area contributed by atoms with Gasteiger partial charge in [-0.15, -0.1) is 0 Å². The van der Waals surface area contributed by atoms with E-state index in [2.05, 4.69) is 22.8 Å². The SMILES string of the molecule is Nc1ccc([C@@H]2CC2NCC2CCNCC2)cc1. The highest BCUT2D eigenvalue weighted by molar-refractivity contribution is 5.42. The lowest BCUT2D eigenvalue weighted by molar-refractivity contribution is 0.355. The van der Waals surface area contributed by atoms with Gasteiger partial charge in [0, 0.05) is 17.6 Å². The predicted molar refractivity (Wildman–Crippen MR) is 75.6 cm³/mol. The van der Waals surface area contributed by atoms with Gasteiger partial charge in [-0.05, 0) is 62.5 Å². The van der Waals surface area contributed by atoms with Gasteiger partial charge in [0.2, 0.25) is 0 Å². The summed E-state index contributed by atoms with van der Waals surface area (Å²) in [6.07, 6.45) is 3.94. The summed E-state index contributed by atoms with van der Waals surface area (Å²) in [5.41, 5.74) is 8.01. The molecule has 1 aromatic carbocycles. The van der Waals surface area contributed by atoms with Gasteiger partial charge in [-0.3, -0.25) is 0 Å². The Hall–Kier alpha value is -1.06. The van der Waals surface area contributed by atoms with Crippen molar-refractivity contribution in [1.29, 1.82) is 0 Å². The molecular formula is C15H23N3. The number of benzene rings is 1. The molecule has 18 heavy (non-hydrogen) atoms. The Balaban J connectivity index is 1.45. The summed E-state index contributed by atoms with van der Waals surface area (Å²) in [7, 11) is 0. The van der Waals surface area contributed by atoms with E-state index in [-0.39, 0.29) is 0 Å². The third kappa shape index (κ3) is 2.85.